The Hall–Kier alpha value is -2.51. The molecule has 0 saturated carbocycles. The van der Waals surface area contributed by atoms with Gasteiger partial charge in [0.1, 0.15) is 5.75 Å². The molecule has 0 aliphatic heterocycles. The first-order valence-electron chi connectivity index (χ1n) is 5.38. The first-order valence-corrected chi connectivity index (χ1v) is 5.38. The van der Waals surface area contributed by atoms with Crippen LogP contribution in [0.4, 0.5) is 19.1 Å². The molecule has 0 bridgehead atoms. The zero-order valence-electron chi connectivity index (χ0n) is 10.2. The van der Waals surface area contributed by atoms with Gasteiger partial charge in [-0.2, -0.15) is 13.2 Å². The number of nitrogens with zero attached hydrogens (tertiary/aromatic N) is 1. The summed E-state index contributed by atoms with van der Waals surface area (Å²) >= 11 is 0. The van der Waals surface area contributed by atoms with E-state index in [0.717, 1.165) is 6.20 Å². The Kier molecular flexibility index (Phi) is 3.64. The summed E-state index contributed by atoms with van der Waals surface area (Å²) in [5.74, 6) is -1.79. The maximum absolute atomic E-state index is 12.1. The predicted octanol–water partition coefficient (Wildman–Crippen LogP) is 2.85. The van der Waals surface area contributed by atoms with Crippen molar-refractivity contribution >= 4 is 11.8 Å². The second-order valence-corrected chi connectivity index (χ2v) is 3.71. The Balaban J connectivity index is 2.14. The highest BCUT2D eigenvalue weighted by Crippen LogP contribution is 2.25. The molecule has 1 amide bonds. The Morgan fingerprint density at radius 3 is 2.50 bits per heavy atom. The van der Waals surface area contributed by atoms with Crippen LogP contribution in [0.15, 0.2) is 34.9 Å². The fourth-order valence-electron chi connectivity index (χ4n) is 1.38. The fraction of sp³-hybridized carbons (Fsp3) is 0.167. The first-order chi connectivity index (χ1) is 9.40. The van der Waals surface area contributed by atoms with Gasteiger partial charge in [-0.25, -0.2) is 4.98 Å². The van der Waals surface area contributed by atoms with Crippen molar-refractivity contribution in [3.8, 4) is 17.2 Å². The number of ether oxygens (including phenoxy) is 1. The number of alkyl halides is 3. The Bertz CT molecular complexity index is 605. The molecule has 0 radical (unpaired) electrons. The summed E-state index contributed by atoms with van der Waals surface area (Å²) in [5.41, 5.74) is 0.540. The van der Waals surface area contributed by atoms with E-state index in [1.54, 1.807) is 29.6 Å². The van der Waals surface area contributed by atoms with E-state index in [0.29, 0.717) is 11.3 Å². The third-order valence-corrected chi connectivity index (χ3v) is 2.34. The van der Waals surface area contributed by atoms with Crippen molar-refractivity contribution < 1.29 is 27.1 Å². The van der Waals surface area contributed by atoms with Crippen LogP contribution in [0.1, 0.15) is 0 Å². The minimum Gasteiger partial charge on any atom is -0.497 e. The number of rotatable bonds is 3. The van der Waals surface area contributed by atoms with Gasteiger partial charge in [0.2, 0.25) is 11.8 Å². The maximum Gasteiger partial charge on any atom is 0.471 e. The zero-order chi connectivity index (χ0) is 14.8. The molecule has 0 aliphatic rings. The molecule has 2 aromatic rings. The van der Waals surface area contributed by atoms with E-state index in [1.165, 1.54) is 7.11 Å². The summed E-state index contributed by atoms with van der Waals surface area (Å²) in [6, 6.07) is 6.54. The Morgan fingerprint density at radius 2 is 1.95 bits per heavy atom. The number of hydrogen-bond acceptors (Lipinski definition) is 4. The van der Waals surface area contributed by atoms with E-state index < -0.39 is 12.1 Å². The third kappa shape index (κ3) is 3.08. The number of hydrogen-bond donors (Lipinski definition) is 1. The van der Waals surface area contributed by atoms with Crippen LogP contribution >= 0.6 is 0 Å². The van der Waals surface area contributed by atoms with Crippen LogP contribution in [0.5, 0.6) is 5.75 Å². The summed E-state index contributed by atoms with van der Waals surface area (Å²) in [5, 5.41) is 1.58. The second-order valence-electron chi connectivity index (χ2n) is 3.71. The molecule has 106 valence electrons. The molecular formula is C12H9F3N2O3. The van der Waals surface area contributed by atoms with Crippen molar-refractivity contribution in [3.63, 3.8) is 0 Å². The number of anilines is 1. The monoisotopic (exact) mass is 286 g/mol. The van der Waals surface area contributed by atoms with Gasteiger partial charge < -0.3 is 9.15 Å². The lowest BCUT2D eigenvalue weighted by atomic mass is 10.2. The summed E-state index contributed by atoms with van der Waals surface area (Å²) in [7, 11) is 1.50. The van der Waals surface area contributed by atoms with E-state index in [-0.39, 0.29) is 11.8 Å². The molecule has 2 rings (SSSR count). The van der Waals surface area contributed by atoms with E-state index >= 15 is 0 Å². The molecule has 1 heterocycles. The quantitative estimate of drug-likeness (QED) is 0.942. The lowest BCUT2D eigenvalue weighted by Crippen LogP contribution is -2.29. The number of benzene rings is 1. The average Bonchev–Trinajstić information content (AvgIpc) is 2.86. The van der Waals surface area contributed by atoms with E-state index in [9.17, 15) is 18.0 Å². The number of aromatic nitrogens is 1. The van der Waals surface area contributed by atoms with E-state index in [1.807, 2.05) is 0 Å². The second kappa shape index (κ2) is 5.24. The first kappa shape index (κ1) is 13.9. The maximum atomic E-state index is 12.1. The number of carbonyl (C=O) groups excluding carboxylic acids is 1. The van der Waals surface area contributed by atoms with Crippen LogP contribution in [0, 0.1) is 0 Å². The van der Waals surface area contributed by atoms with Gasteiger partial charge in [-0.15, -0.1) is 0 Å². The molecule has 0 spiro atoms. The molecule has 0 unspecified atom stereocenters. The molecule has 20 heavy (non-hydrogen) atoms. The number of methoxy groups -OCH3 is 1. The summed E-state index contributed by atoms with van der Waals surface area (Å²) < 4.78 is 46.2. The van der Waals surface area contributed by atoms with Gasteiger partial charge in [0.25, 0.3) is 0 Å². The Labute approximate surface area is 111 Å². The smallest absolute Gasteiger partial charge is 0.471 e. The predicted molar refractivity (Wildman–Crippen MR) is 63.2 cm³/mol. The van der Waals surface area contributed by atoms with Crippen molar-refractivity contribution in [2.45, 2.75) is 6.18 Å². The van der Waals surface area contributed by atoms with E-state index in [2.05, 4.69) is 4.98 Å². The molecule has 0 atom stereocenters. The summed E-state index contributed by atoms with van der Waals surface area (Å²) in [6.45, 7) is 0. The summed E-state index contributed by atoms with van der Waals surface area (Å²) in [6.07, 6.45) is -3.98. The van der Waals surface area contributed by atoms with Crippen molar-refractivity contribution in [3.05, 3.63) is 30.5 Å². The van der Waals surface area contributed by atoms with Gasteiger partial charge in [-0.1, -0.05) is 0 Å². The molecule has 0 aliphatic carbocycles. The minimum absolute atomic E-state index is 0.0881. The molecule has 5 nitrogen and oxygen atoms in total. The molecule has 1 aromatic heterocycles. The number of carbonyl (C=O) groups is 1. The fourth-order valence-corrected chi connectivity index (χ4v) is 1.38. The molecular weight excluding hydrogens is 277 g/mol. The van der Waals surface area contributed by atoms with E-state index in [4.69, 9.17) is 9.15 Å². The molecule has 8 heteroatoms. The van der Waals surface area contributed by atoms with Crippen molar-refractivity contribution in [1.29, 1.82) is 0 Å². The lowest BCUT2D eigenvalue weighted by molar-refractivity contribution is -0.167. The lowest BCUT2D eigenvalue weighted by Gasteiger charge is -2.04. The normalized spacial score (nSPS) is 11.2. The number of halogens is 3. The van der Waals surface area contributed by atoms with Gasteiger partial charge in [0.15, 0.2) is 0 Å². The summed E-state index contributed by atoms with van der Waals surface area (Å²) in [4.78, 5) is 14.5. The highest BCUT2D eigenvalue weighted by molar-refractivity contribution is 5.93. The van der Waals surface area contributed by atoms with Crippen molar-refractivity contribution in [2.24, 2.45) is 0 Å². The topological polar surface area (TPSA) is 64.4 Å². The molecule has 0 saturated heterocycles. The van der Waals surface area contributed by atoms with Crippen LogP contribution in [0.3, 0.4) is 0 Å². The highest BCUT2D eigenvalue weighted by Gasteiger charge is 2.39. The van der Waals surface area contributed by atoms with Crippen LogP contribution < -0.4 is 10.1 Å². The minimum atomic E-state index is -4.98. The number of oxazole rings is 1. The van der Waals surface area contributed by atoms with Gasteiger partial charge in [0, 0.05) is 5.56 Å². The zero-order valence-corrected chi connectivity index (χ0v) is 10.2. The van der Waals surface area contributed by atoms with Gasteiger partial charge in [0.05, 0.1) is 13.3 Å². The standard InChI is InChI=1S/C12H9F3N2O3/c1-19-8-4-2-7(3-5-8)10-16-6-9(20-10)17-11(18)12(13,14)15/h2-6H,1H3,(H,17,18). The van der Waals surface area contributed by atoms with Crippen LogP contribution in [0.2, 0.25) is 0 Å². The highest BCUT2D eigenvalue weighted by atomic mass is 19.4. The van der Waals surface area contributed by atoms with Crippen molar-refractivity contribution in [1.82, 2.24) is 4.98 Å². The van der Waals surface area contributed by atoms with Gasteiger partial charge in [-0.3, -0.25) is 10.1 Å². The number of nitrogens with one attached hydrogen (secondary N) is 1. The van der Waals surface area contributed by atoms with Gasteiger partial charge in [-0.05, 0) is 24.3 Å². The molecule has 1 aromatic carbocycles. The van der Waals surface area contributed by atoms with Crippen LogP contribution in [0.25, 0.3) is 11.5 Å². The Morgan fingerprint density at radius 1 is 1.30 bits per heavy atom. The van der Waals surface area contributed by atoms with Crippen LogP contribution in [-0.4, -0.2) is 24.2 Å². The molecule has 0 fully saturated rings. The third-order valence-electron chi connectivity index (χ3n) is 2.34. The molecule has 1 N–H and O–H groups in total. The largest absolute Gasteiger partial charge is 0.497 e. The number of amides is 1. The average molecular weight is 286 g/mol. The van der Waals surface area contributed by atoms with Gasteiger partial charge >= 0.3 is 12.1 Å². The SMILES string of the molecule is COc1ccc(-c2ncc(NC(=O)C(F)(F)F)o2)cc1. The van der Waals surface area contributed by atoms with Crippen molar-refractivity contribution in [2.75, 3.05) is 12.4 Å². The van der Waals surface area contributed by atoms with Crippen LogP contribution in [-0.2, 0) is 4.79 Å².